The van der Waals surface area contributed by atoms with Crippen LogP contribution in [0.15, 0.2) is 84.6 Å². The number of rotatable bonds is 6. The first-order chi connectivity index (χ1) is 18.4. The molecule has 3 aromatic carbocycles. The van der Waals surface area contributed by atoms with E-state index in [4.69, 9.17) is 4.74 Å². The molecule has 2 aliphatic heterocycles. The standard InChI is InChI=1S/C29H25F2N3O4/c1-38-29(37)21-6-12-24(13-7-21)34-26(35)18-25(28(34)36)32-14-16-33(17-15-32)27(19-2-8-22(30)9-3-19)20-4-10-23(31)11-5-20/h2-13,18,27H,14-17H2,1H3. The highest BCUT2D eigenvalue weighted by atomic mass is 19.1. The molecule has 2 aliphatic rings. The Labute approximate surface area is 218 Å². The van der Waals surface area contributed by atoms with Crippen molar-refractivity contribution >= 4 is 23.5 Å². The van der Waals surface area contributed by atoms with Gasteiger partial charge in [0.25, 0.3) is 11.8 Å². The second kappa shape index (κ2) is 10.5. The Kier molecular flexibility index (Phi) is 7.02. The molecule has 0 aliphatic carbocycles. The van der Waals surface area contributed by atoms with Crippen LogP contribution in [0.5, 0.6) is 0 Å². The van der Waals surface area contributed by atoms with Crippen LogP contribution in [0, 0.1) is 11.6 Å². The highest BCUT2D eigenvalue weighted by molar-refractivity contribution is 6.30. The number of hydrogen-bond donors (Lipinski definition) is 0. The molecule has 1 fully saturated rings. The molecule has 0 saturated carbocycles. The Morgan fingerprint density at radius 3 is 1.82 bits per heavy atom. The summed E-state index contributed by atoms with van der Waals surface area (Å²) in [4.78, 5) is 42.8. The van der Waals surface area contributed by atoms with E-state index in [9.17, 15) is 23.2 Å². The van der Waals surface area contributed by atoms with Crippen LogP contribution < -0.4 is 4.90 Å². The van der Waals surface area contributed by atoms with E-state index < -0.39 is 17.8 Å². The van der Waals surface area contributed by atoms with E-state index in [1.165, 1.54) is 61.7 Å². The number of imide groups is 1. The van der Waals surface area contributed by atoms with Gasteiger partial charge >= 0.3 is 5.97 Å². The van der Waals surface area contributed by atoms with E-state index in [1.54, 1.807) is 24.3 Å². The number of nitrogens with zero attached hydrogens (tertiary/aromatic N) is 3. The molecular weight excluding hydrogens is 492 g/mol. The maximum absolute atomic E-state index is 13.6. The lowest BCUT2D eigenvalue weighted by molar-refractivity contribution is -0.121. The molecule has 38 heavy (non-hydrogen) atoms. The van der Waals surface area contributed by atoms with Gasteiger partial charge in [0.15, 0.2) is 0 Å². The molecule has 194 valence electrons. The van der Waals surface area contributed by atoms with Crippen LogP contribution in [-0.4, -0.2) is 60.9 Å². The molecule has 2 amide bonds. The molecule has 0 bridgehead atoms. The molecule has 0 unspecified atom stereocenters. The van der Waals surface area contributed by atoms with Gasteiger partial charge in [0.05, 0.1) is 24.4 Å². The number of benzene rings is 3. The maximum atomic E-state index is 13.6. The van der Waals surface area contributed by atoms with Gasteiger partial charge < -0.3 is 9.64 Å². The van der Waals surface area contributed by atoms with E-state index in [0.29, 0.717) is 43.1 Å². The number of halogens is 2. The molecule has 2 heterocycles. The third-order valence-corrected chi connectivity index (χ3v) is 6.84. The van der Waals surface area contributed by atoms with Gasteiger partial charge in [-0.2, -0.15) is 0 Å². The normalized spacial score (nSPS) is 16.3. The Morgan fingerprint density at radius 2 is 1.32 bits per heavy atom. The zero-order chi connectivity index (χ0) is 26.8. The average molecular weight is 518 g/mol. The lowest BCUT2D eigenvalue weighted by Gasteiger charge is -2.40. The summed E-state index contributed by atoms with van der Waals surface area (Å²) >= 11 is 0. The second-order valence-corrected chi connectivity index (χ2v) is 9.08. The number of esters is 1. The third kappa shape index (κ3) is 4.92. The van der Waals surface area contributed by atoms with Crippen LogP contribution in [-0.2, 0) is 14.3 Å². The predicted octanol–water partition coefficient (Wildman–Crippen LogP) is 3.92. The number of carbonyl (C=O) groups excluding carboxylic acids is 3. The van der Waals surface area contributed by atoms with E-state index in [-0.39, 0.29) is 17.7 Å². The first kappa shape index (κ1) is 25.3. The monoisotopic (exact) mass is 517 g/mol. The smallest absolute Gasteiger partial charge is 0.337 e. The number of methoxy groups -OCH3 is 1. The molecule has 5 rings (SSSR count). The van der Waals surface area contributed by atoms with Crippen molar-refractivity contribution in [2.24, 2.45) is 0 Å². The largest absolute Gasteiger partial charge is 0.465 e. The third-order valence-electron chi connectivity index (χ3n) is 6.84. The molecule has 3 aromatic rings. The highest BCUT2D eigenvalue weighted by Crippen LogP contribution is 2.32. The number of ether oxygens (including phenoxy) is 1. The minimum absolute atomic E-state index is 0.224. The lowest BCUT2D eigenvalue weighted by Crippen LogP contribution is -2.48. The van der Waals surface area contributed by atoms with Crippen molar-refractivity contribution in [1.29, 1.82) is 0 Å². The molecule has 0 radical (unpaired) electrons. The van der Waals surface area contributed by atoms with Crippen LogP contribution in [0.1, 0.15) is 27.5 Å². The van der Waals surface area contributed by atoms with Gasteiger partial charge in [-0.1, -0.05) is 24.3 Å². The number of piperazine rings is 1. The minimum Gasteiger partial charge on any atom is -0.465 e. The van der Waals surface area contributed by atoms with E-state index in [0.717, 1.165) is 16.0 Å². The molecule has 1 saturated heterocycles. The van der Waals surface area contributed by atoms with Gasteiger partial charge in [-0.25, -0.2) is 18.5 Å². The average Bonchev–Trinajstić information content (AvgIpc) is 3.24. The van der Waals surface area contributed by atoms with Gasteiger partial charge in [-0.15, -0.1) is 0 Å². The van der Waals surface area contributed by atoms with Crippen molar-refractivity contribution in [3.05, 3.63) is 113 Å². The number of amides is 2. The van der Waals surface area contributed by atoms with E-state index in [2.05, 4.69) is 4.90 Å². The lowest BCUT2D eigenvalue weighted by atomic mass is 9.96. The van der Waals surface area contributed by atoms with Gasteiger partial charge in [-0.3, -0.25) is 14.5 Å². The van der Waals surface area contributed by atoms with Crippen LogP contribution >= 0.6 is 0 Å². The van der Waals surface area contributed by atoms with Crippen LogP contribution in [0.2, 0.25) is 0 Å². The van der Waals surface area contributed by atoms with Crippen molar-refractivity contribution in [1.82, 2.24) is 9.80 Å². The zero-order valence-corrected chi connectivity index (χ0v) is 20.6. The summed E-state index contributed by atoms with van der Waals surface area (Å²) in [5.74, 6) is -2.06. The van der Waals surface area contributed by atoms with E-state index in [1.807, 2.05) is 4.90 Å². The van der Waals surface area contributed by atoms with Crippen molar-refractivity contribution in [2.45, 2.75) is 6.04 Å². The van der Waals surface area contributed by atoms with Gasteiger partial charge in [0.1, 0.15) is 17.3 Å². The summed E-state index contributed by atoms with van der Waals surface area (Å²) < 4.78 is 31.9. The zero-order valence-electron chi connectivity index (χ0n) is 20.6. The van der Waals surface area contributed by atoms with Gasteiger partial charge in [0.2, 0.25) is 0 Å². The number of hydrogen-bond acceptors (Lipinski definition) is 6. The van der Waals surface area contributed by atoms with Gasteiger partial charge in [-0.05, 0) is 59.7 Å². The molecule has 7 nitrogen and oxygen atoms in total. The maximum Gasteiger partial charge on any atom is 0.337 e. The Hall–Kier alpha value is -4.37. The van der Waals surface area contributed by atoms with Crippen molar-refractivity contribution in [2.75, 3.05) is 38.2 Å². The first-order valence-electron chi connectivity index (χ1n) is 12.1. The fraction of sp³-hybridized carbons (Fsp3) is 0.207. The topological polar surface area (TPSA) is 70.2 Å². The SMILES string of the molecule is COC(=O)c1ccc(N2C(=O)C=C(N3CCN(C(c4ccc(F)cc4)c4ccc(F)cc4)CC3)C2=O)cc1. The summed E-state index contributed by atoms with van der Waals surface area (Å²) in [6.07, 6.45) is 1.34. The predicted molar refractivity (Wildman–Crippen MR) is 136 cm³/mol. The molecule has 0 spiro atoms. The van der Waals surface area contributed by atoms with Crippen LogP contribution in [0.25, 0.3) is 0 Å². The summed E-state index contributed by atoms with van der Waals surface area (Å²) in [6.45, 7) is 2.09. The fourth-order valence-electron chi connectivity index (χ4n) is 4.92. The molecule has 9 heteroatoms. The quantitative estimate of drug-likeness (QED) is 0.365. The molecule has 0 atom stereocenters. The van der Waals surface area contributed by atoms with Crippen molar-refractivity contribution < 1.29 is 27.9 Å². The number of anilines is 1. The summed E-state index contributed by atoms with van der Waals surface area (Å²) in [5.41, 5.74) is 2.74. The Balaban J connectivity index is 1.31. The number of carbonyl (C=O) groups is 3. The second-order valence-electron chi connectivity index (χ2n) is 9.08. The first-order valence-corrected chi connectivity index (χ1v) is 12.1. The fourth-order valence-corrected chi connectivity index (χ4v) is 4.92. The Morgan fingerprint density at radius 1 is 0.789 bits per heavy atom. The summed E-state index contributed by atoms with van der Waals surface area (Å²) in [7, 11) is 1.28. The minimum atomic E-state index is -0.508. The van der Waals surface area contributed by atoms with Crippen LogP contribution in [0.4, 0.5) is 14.5 Å². The summed E-state index contributed by atoms with van der Waals surface area (Å²) in [5, 5.41) is 0. The summed E-state index contributed by atoms with van der Waals surface area (Å²) in [6, 6.07) is 18.4. The van der Waals surface area contributed by atoms with Gasteiger partial charge in [0, 0.05) is 32.3 Å². The molecule has 0 aromatic heterocycles. The van der Waals surface area contributed by atoms with Crippen molar-refractivity contribution in [3.8, 4) is 0 Å². The van der Waals surface area contributed by atoms with E-state index >= 15 is 0 Å². The van der Waals surface area contributed by atoms with Crippen molar-refractivity contribution in [3.63, 3.8) is 0 Å². The molecule has 0 N–H and O–H groups in total. The Bertz CT molecular complexity index is 1340. The molecular formula is C29H25F2N3O4. The van der Waals surface area contributed by atoms with Crippen LogP contribution in [0.3, 0.4) is 0 Å². The highest BCUT2D eigenvalue weighted by Gasteiger charge is 2.37.